The van der Waals surface area contributed by atoms with E-state index < -0.39 is 0 Å². The van der Waals surface area contributed by atoms with E-state index in [1.807, 2.05) is 0 Å². The molecular formula is C15H20. The molecule has 0 amide bonds. The van der Waals surface area contributed by atoms with Gasteiger partial charge in [0.15, 0.2) is 0 Å². The molecule has 15 heavy (non-hydrogen) atoms. The maximum absolute atomic E-state index is 2.48. The van der Waals surface area contributed by atoms with Crippen LogP contribution in [-0.2, 0) is 6.42 Å². The SMILES string of the molecule is CCC(C)C=C1CC1Cc1ccccc1. The van der Waals surface area contributed by atoms with E-state index in [2.05, 4.69) is 50.3 Å². The first-order valence-corrected chi connectivity index (χ1v) is 6.04. The van der Waals surface area contributed by atoms with E-state index in [0.29, 0.717) is 0 Å². The average Bonchev–Trinajstić information content (AvgIpc) is 2.97. The van der Waals surface area contributed by atoms with Gasteiger partial charge in [-0.2, -0.15) is 0 Å². The lowest BCUT2D eigenvalue weighted by Gasteiger charge is -1.99. The summed E-state index contributed by atoms with van der Waals surface area (Å²) in [6, 6.07) is 10.8. The van der Waals surface area contributed by atoms with Crippen molar-refractivity contribution < 1.29 is 0 Å². The molecule has 1 fully saturated rings. The fourth-order valence-electron chi connectivity index (χ4n) is 2.01. The molecular weight excluding hydrogens is 180 g/mol. The molecule has 1 aliphatic rings. The zero-order valence-electron chi connectivity index (χ0n) is 9.74. The van der Waals surface area contributed by atoms with Crippen LogP contribution in [0.25, 0.3) is 0 Å². The van der Waals surface area contributed by atoms with Crippen LogP contribution < -0.4 is 0 Å². The van der Waals surface area contributed by atoms with Crippen molar-refractivity contribution >= 4 is 0 Å². The predicted molar refractivity (Wildman–Crippen MR) is 65.8 cm³/mol. The van der Waals surface area contributed by atoms with Crippen LogP contribution in [0, 0.1) is 11.8 Å². The highest BCUT2D eigenvalue weighted by Gasteiger charge is 2.29. The lowest BCUT2D eigenvalue weighted by Crippen LogP contribution is -1.87. The van der Waals surface area contributed by atoms with E-state index in [-0.39, 0.29) is 0 Å². The van der Waals surface area contributed by atoms with Gasteiger partial charge >= 0.3 is 0 Å². The van der Waals surface area contributed by atoms with E-state index in [9.17, 15) is 0 Å². The summed E-state index contributed by atoms with van der Waals surface area (Å²) in [5.74, 6) is 1.61. The number of benzene rings is 1. The topological polar surface area (TPSA) is 0 Å². The van der Waals surface area contributed by atoms with Crippen molar-refractivity contribution in [2.75, 3.05) is 0 Å². The van der Waals surface area contributed by atoms with Gasteiger partial charge in [0, 0.05) is 0 Å². The van der Waals surface area contributed by atoms with Crippen LogP contribution >= 0.6 is 0 Å². The Hall–Kier alpha value is -1.04. The summed E-state index contributed by atoms with van der Waals surface area (Å²) >= 11 is 0. The Morgan fingerprint density at radius 2 is 2.07 bits per heavy atom. The van der Waals surface area contributed by atoms with Crippen molar-refractivity contribution in [1.82, 2.24) is 0 Å². The molecule has 0 bridgehead atoms. The Morgan fingerprint density at radius 1 is 1.33 bits per heavy atom. The van der Waals surface area contributed by atoms with Crippen LogP contribution in [0.4, 0.5) is 0 Å². The standard InChI is InChI=1S/C15H20/c1-3-12(2)9-14-11-15(14)10-13-7-5-4-6-8-13/h4-9,12,15H,3,10-11H2,1-2H3. The minimum absolute atomic E-state index is 0.765. The lowest BCUT2D eigenvalue weighted by atomic mass is 10.1. The van der Waals surface area contributed by atoms with Gasteiger partial charge in [0.25, 0.3) is 0 Å². The molecule has 1 aromatic rings. The second-order valence-corrected chi connectivity index (χ2v) is 4.72. The predicted octanol–water partition coefficient (Wildman–Crippen LogP) is 4.22. The van der Waals surface area contributed by atoms with Crippen molar-refractivity contribution in [2.24, 2.45) is 11.8 Å². The van der Waals surface area contributed by atoms with E-state index >= 15 is 0 Å². The highest BCUT2D eigenvalue weighted by molar-refractivity contribution is 5.28. The summed E-state index contributed by atoms with van der Waals surface area (Å²) in [6.07, 6.45) is 6.32. The molecule has 1 aromatic carbocycles. The summed E-state index contributed by atoms with van der Waals surface area (Å²) in [6.45, 7) is 4.57. The van der Waals surface area contributed by atoms with Crippen LogP contribution in [0.5, 0.6) is 0 Å². The third kappa shape index (κ3) is 2.95. The Balaban J connectivity index is 1.88. The molecule has 0 aliphatic heterocycles. The summed E-state index contributed by atoms with van der Waals surface area (Å²) in [7, 11) is 0. The van der Waals surface area contributed by atoms with Gasteiger partial charge in [-0.15, -0.1) is 0 Å². The van der Waals surface area contributed by atoms with Crippen LogP contribution in [0.3, 0.4) is 0 Å². The van der Waals surface area contributed by atoms with Gasteiger partial charge in [-0.1, -0.05) is 62.2 Å². The van der Waals surface area contributed by atoms with Crippen molar-refractivity contribution in [3.05, 3.63) is 47.5 Å². The van der Waals surface area contributed by atoms with Gasteiger partial charge in [-0.05, 0) is 30.2 Å². The quantitative estimate of drug-likeness (QED) is 0.638. The molecule has 0 radical (unpaired) electrons. The van der Waals surface area contributed by atoms with E-state index in [1.54, 1.807) is 5.57 Å². The first-order chi connectivity index (χ1) is 7.29. The molecule has 0 spiro atoms. The largest absolute Gasteiger partial charge is 0.0822 e. The van der Waals surface area contributed by atoms with Gasteiger partial charge < -0.3 is 0 Å². The molecule has 2 atom stereocenters. The van der Waals surface area contributed by atoms with E-state index in [1.165, 1.54) is 24.8 Å². The third-order valence-electron chi connectivity index (χ3n) is 3.31. The maximum Gasteiger partial charge on any atom is -0.0125 e. The average molecular weight is 200 g/mol. The minimum atomic E-state index is 0.765. The molecule has 0 heterocycles. The van der Waals surface area contributed by atoms with Crippen molar-refractivity contribution in [2.45, 2.75) is 33.1 Å². The third-order valence-corrected chi connectivity index (χ3v) is 3.31. The zero-order chi connectivity index (χ0) is 10.7. The number of allylic oxidation sites excluding steroid dienone is 2. The molecule has 2 unspecified atom stereocenters. The monoisotopic (exact) mass is 200 g/mol. The van der Waals surface area contributed by atoms with Gasteiger partial charge in [0.05, 0.1) is 0 Å². The molecule has 0 saturated heterocycles. The highest BCUT2D eigenvalue weighted by atomic mass is 14.3. The van der Waals surface area contributed by atoms with Crippen molar-refractivity contribution in [1.29, 1.82) is 0 Å². The summed E-state index contributed by atoms with van der Waals surface area (Å²) in [5.41, 5.74) is 3.17. The lowest BCUT2D eigenvalue weighted by molar-refractivity contribution is 0.694. The Bertz CT molecular complexity index is 334. The second-order valence-electron chi connectivity index (χ2n) is 4.72. The summed E-state index contributed by atoms with van der Waals surface area (Å²) in [4.78, 5) is 0. The van der Waals surface area contributed by atoms with Crippen molar-refractivity contribution in [3.63, 3.8) is 0 Å². The van der Waals surface area contributed by atoms with Crippen LogP contribution in [-0.4, -0.2) is 0 Å². The fourth-order valence-corrected chi connectivity index (χ4v) is 2.01. The second kappa shape index (κ2) is 4.65. The van der Waals surface area contributed by atoms with Crippen molar-refractivity contribution in [3.8, 4) is 0 Å². The first kappa shape index (κ1) is 10.5. The minimum Gasteiger partial charge on any atom is -0.0822 e. The van der Waals surface area contributed by atoms with Gasteiger partial charge in [0.2, 0.25) is 0 Å². The Labute approximate surface area is 93.0 Å². The molecule has 0 nitrogen and oxygen atoms in total. The molecule has 1 aliphatic carbocycles. The maximum atomic E-state index is 2.48. The van der Waals surface area contributed by atoms with E-state index in [4.69, 9.17) is 0 Å². The molecule has 0 aromatic heterocycles. The first-order valence-electron chi connectivity index (χ1n) is 6.04. The molecule has 80 valence electrons. The smallest absolute Gasteiger partial charge is 0.0125 e. The molecule has 0 N–H and O–H groups in total. The number of hydrogen-bond donors (Lipinski definition) is 0. The van der Waals surface area contributed by atoms with Gasteiger partial charge in [-0.25, -0.2) is 0 Å². The summed E-state index contributed by atoms with van der Waals surface area (Å²) < 4.78 is 0. The molecule has 0 heteroatoms. The highest BCUT2D eigenvalue weighted by Crippen LogP contribution is 2.41. The molecule has 1 saturated carbocycles. The summed E-state index contributed by atoms with van der Waals surface area (Å²) in [5, 5.41) is 0. The van der Waals surface area contributed by atoms with Gasteiger partial charge in [-0.3, -0.25) is 0 Å². The fraction of sp³-hybridized carbons (Fsp3) is 0.467. The van der Waals surface area contributed by atoms with Crippen LogP contribution in [0.2, 0.25) is 0 Å². The Morgan fingerprint density at radius 3 is 2.73 bits per heavy atom. The zero-order valence-corrected chi connectivity index (χ0v) is 9.74. The van der Waals surface area contributed by atoms with Gasteiger partial charge in [0.1, 0.15) is 0 Å². The normalized spacial score (nSPS) is 24.1. The van der Waals surface area contributed by atoms with Crippen LogP contribution in [0.1, 0.15) is 32.3 Å². The number of rotatable bonds is 4. The van der Waals surface area contributed by atoms with E-state index in [0.717, 1.165) is 11.8 Å². The molecule has 2 rings (SSSR count). The van der Waals surface area contributed by atoms with Crippen LogP contribution in [0.15, 0.2) is 42.0 Å². The Kier molecular flexibility index (Phi) is 3.25. The number of hydrogen-bond acceptors (Lipinski definition) is 0.